The Hall–Kier alpha value is -0.120. The summed E-state index contributed by atoms with van der Waals surface area (Å²) in [7, 11) is 1.73. The molecule has 0 spiro atoms. The summed E-state index contributed by atoms with van der Waals surface area (Å²) in [6.45, 7) is 5.57. The van der Waals surface area contributed by atoms with E-state index in [2.05, 4.69) is 12.2 Å². The van der Waals surface area contributed by atoms with E-state index in [4.69, 9.17) is 9.47 Å². The van der Waals surface area contributed by atoms with Crippen molar-refractivity contribution in [3.8, 4) is 0 Å². The molecule has 1 aliphatic rings. The Bertz CT molecular complexity index is 111. The van der Waals surface area contributed by atoms with Crippen LogP contribution < -0.4 is 5.32 Å². The summed E-state index contributed by atoms with van der Waals surface area (Å²) in [6, 6.07) is 0. The fourth-order valence-corrected chi connectivity index (χ4v) is 1.26. The van der Waals surface area contributed by atoms with Crippen LogP contribution in [0.4, 0.5) is 0 Å². The van der Waals surface area contributed by atoms with Crippen molar-refractivity contribution in [2.24, 2.45) is 0 Å². The molecule has 11 heavy (non-hydrogen) atoms. The molecule has 1 saturated heterocycles. The molecule has 66 valence electrons. The van der Waals surface area contributed by atoms with Gasteiger partial charge in [-0.3, -0.25) is 0 Å². The fourth-order valence-electron chi connectivity index (χ4n) is 1.26. The van der Waals surface area contributed by atoms with Gasteiger partial charge in [-0.15, -0.1) is 0 Å². The average molecular weight is 159 g/mol. The van der Waals surface area contributed by atoms with Crippen LogP contribution in [-0.4, -0.2) is 39.0 Å². The largest absolute Gasteiger partial charge is 0.385 e. The van der Waals surface area contributed by atoms with Crippen LogP contribution in [0.5, 0.6) is 0 Å². The summed E-state index contributed by atoms with van der Waals surface area (Å²) in [5.41, 5.74) is 0.133. The lowest BCUT2D eigenvalue weighted by Crippen LogP contribution is -2.52. The Morgan fingerprint density at radius 1 is 1.64 bits per heavy atom. The van der Waals surface area contributed by atoms with Gasteiger partial charge in [-0.25, -0.2) is 0 Å². The van der Waals surface area contributed by atoms with Crippen molar-refractivity contribution in [2.75, 3.05) is 33.5 Å². The Morgan fingerprint density at radius 3 is 3.00 bits per heavy atom. The van der Waals surface area contributed by atoms with Crippen LogP contribution in [0.15, 0.2) is 0 Å². The number of hydrogen-bond donors (Lipinski definition) is 1. The summed E-state index contributed by atoms with van der Waals surface area (Å²) in [5.74, 6) is 0. The molecule has 1 rings (SSSR count). The van der Waals surface area contributed by atoms with Crippen molar-refractivity contribution >= 4 is 0 Å². The van der Waals surface area contributed by atoms with Crippen LogP contribution in [-0.2, 0) is 9.47 Å². The first-order valence-electron chi connectivity index (χ1n) is 4.08. The SMILES string of the molecule is COCCC1(C)COCCN1. The van der Waals surface area contributed by atoms with E-state index >= 15 is 0 Å². The van der Waals surface area contributed by atoms with Crippen LogP contribution in [0.2, 0.25) is 0 Å². The smallest absolute Gasteiger partial charge is 0.0647 e. The van der Waals surface area contributed by atoms with Crippen LogP contribution in [0, 0.1) is 0 Å². The zero-order valence-corrected chi connectivity index (χ0v) is 7.35. The highest BCUT2D eigenvalue weighted by Gasteiger charge is 2.26. The number of ether oxygens (including phenoxy) is 2. The maximum Gasteiger partial charge on any atom is 0.0647 e. The van der Waals surface area contributed by atoms with E-state index < -0.39 is 0 Å². The van der Waals surface area contributed by atoms with Crippen molar-refractivity contribution in [3.05, 3.63) is 0 Å². The lowest BCUT2D eigenvalue weighted by Gasteiger charge is -2.34. The first-order valence-corrected chi connectivity index (χ1v) is 4.08. The Labute approximate surface area is 68.1 Å². The molecule has 0 aromatic carbocycles. The minimum Gasteiger partial charge on any atom is -0.385 e. The molecular formula is C8H17NO2. The Balaban J connectivity index is 2.25. The first-order chi connectivity index (χ1) is 5.27. The molecule has 1 heterocycles. The normalized spacial score (nSPS) is 32.2. The van der Waals surface area contributed by atoms with E-state index in [0.717, 1.165) is 32.8 Å². The van der Waals surface area contributed by atoms with Gasteiger partial charge in [0.1, 0.15) is 0 Å². The highest BCUT2D eigenvalue weighted by atomic mass is 16.5. The van der Waals surface area contributed by atoms with E-state index in [1.54, 1.807) is 7.11 Å². The molecule has 1 N–H and O–H groups in total. The molecule has 1 atom stereocenters. The molecular weight excluding hydrogens is 142 g/mol. The predicted molar refractivity (Wildman–Crippen MR) is 43.7 cm³/mol. The second-order valence-electron chi connectivity index (χ2n) is 3.28. The quantitative estimate of drug-likeness (QED) is 0.646. The molecule has 0 amide bonds. The van der Waals surface area contributed by atoms with Crippen molar-refractivity contribution in [1.29, 1.82) is 0 Å². The fraction of sp³-hybridized carbons (Fsp3) is 1.00. The molecule has 0 aromatic rings. The van der Waals surface area contributed by atoms with Crippen LogP contribution >= 0.6 is 0 Å². The monoisotopic (exact) mass is 159 g/mol. The zero-order valence-electron chi connectivity index (χ0n) is 7.35. The highest BCUT2D eigenvalue weighted by Crippen LogP contribution is 2.12. The van der Waals surface area contributed by atoms with Gasteiger partial charge in [0.05, 0.1) is 13.2 Å². The van der Waals surface area contributed by atoms with E-state index in [-0.39, 0.29) is 5.54 Å². The summed E-state index contributed by atoms with van der Waals surface area (Å²) < 4.78 is 10.4. The molecule has 0 aromatic heterocycles. The third-order valence-electron chi connectivity index (χ3n) is 2.08. The van der Waals surface area contributed by atoms with Gasteiger partial charge in [0.15, 0.2) is 0 Å². The van der Waals surface area contributed by atoms with Crippen LogP contribution in [0.25, 0.3) is 0 Å². The number of methoxy groups -OCH3 is 1. The number of nitrogens with one attached hydrogen (secondary N) is 1. The molecule has 1 unspecified atom stereocenters. The average Bonchev–Trinajstić information content (AvgIpc) is 2.03. The van der Waals surface area contributed by atoms with E-state index in [0.29, 0.717) is 0 Å². The number of hydrogen-bond acceptors (Lipinski definition) is 3. The third-order valence-corrected chi connectivity index (χ3v) is 2.08. The van der Waals surface area contributed by atoms with Gasteiger partial charge in [-0.05, 0) is 13.3 Å². The summed E-state index contributed by atoms with van der Waals surface area (Å²) >= 11 is 0. The summed E-state index contributed by atoms with van der Waals surface area (Å²) in [4.78, 5) is 0. The van der Waals surface area contributed by atoms with E-state index in [1.807, 2.05) is 0 Å². The molecule has 1 fully saturated rings. The van der Waals surface area contributed by atoms with E-state index in [9.17, 15) is 0 Å². The summed E-state index contributed by atoms with van der Waals surface area (Å²) in [6.07, 6.45) is 1.02. The molecule has 0 aliphatic carbocycles. The second-order valence-corrected chi connectivity index (χ2v) is 3.28. The minimum absolute atomic E-state index is 0.133. The molecule has 0 bridgehead atoms. The van der Waals surface area contributed by atoms with Crippen LogP contribution in [0.1, 0.15) is 13.3 Å². The Morgan fingerprint density at radius 2 is 2.45 bits per heavy atom. The Kier molecular flexibility index (Phi) is 3.30. The molecule has 0 radical (unpaired) electrons. The van der Waals surface area contributed by atoms with Gasteiger partial charge in [-0.1, -0.05) is 0 Å². The van der Waals surface area contributed by atoms with Gasteiger partial charge in [0, 0.05) is 25.8 Å². The standard InChI is InChI=1S/C8H17NO2/c1-8(3-5-10-2)7-11-6-4-9-8/h9H,3-7H2,1-2H3. The van der Waals surface area contributed by atoms with E-state index in [1.165, 1.54) is 0 Å². The maximum absolute atomic E-state index is 5.36. The molecule has 3 nitrogen and oxygen atoms in total. The topological polar surface area (TPSA) is 30.5 Å². The lowest BCUT2D eigenvalue weighted by molar-refractivity contribution is 0.0201. The zero-order chi connectivity index (χ0) is 8.16. The third kappa shape index (κ3) is 2.77. The van der Waals surface area contributed by atoms with Crippen LogP contribution in [0.3, 0.4) is 0 Å². The van der Waals surface area contributed by atoms with Gasteiger partial charge in [-0.2, -0.15) is 0 Å². The highest BCUT2D eigenvalue weighted by molar-refractivity contribution is 4.84. The summed E-state index contributed by atoms with van der Waals surface area (Å²) in [5, 5.41) is 3.43. The second kappa shape index (κ2) is 4.04. The molecule has 1 aliphatic heterocycles. The predicted octanol–water partition coefficient (Wildman–Crippen LogP) is 0.401. The lowest BCUT2D eigenvalue weighted by atomic mass is 9.98. The maximum atomic E-state index is 5.36. The van der Waals surface area contributed by atoms with Gasteiger partial charge in [0.2, 0.25) is 0 Å². The van der Waals surface area contributed by atoms with Gasteiger partial charge in [0.25, 0.3) is 0 Å². The number of rotatable bonds is 3. The first kappa shape index (κ1) is 8.97. The van der Waals surface area contributed by atoms with Gasteiger partial charge >= 0.3 is 0 Å². The van der Waals surface area contributed by atoms with Crippen molar-refractivity contribution < 1.29 is 9.47 Å². The van der Waals surface area contributed by atoms with Crippen molar-refractivity contribution in [1.82, 2.24) is 5.32 Å². The molecule has 3 heteroatoms. The van der Waals surface area contributed by atoms with Gasteiger partial charge < -0.3 is 14.8 Å². The van der Waals surface area contributed by atoms with Crippen molar-refractivity contribution in [3.63, 3.8) is 0 Å². The minimum atomic E-state index is 0.133. The molecule has 0 saturated carbocycles. The number of morpholine rings is 1. The van der Waals surface area contributed by atoms with Crippen molar-refractivity contribution in [2.45, 2.75) is 18.9 Å².